The lowest BCUT2D eigenvalue weighted by Crippen LogP contribution is -2.18. The van der Waals surface area contributed by atoms with E-state index in [1.807, 2.05) is 18.2 Å². The summed E-state index contributed by atoms with van der Waals surface area (Å²) in [7, 11) is 0. The number of hydrogen-bond acceptors (Lipinski definition) is 3. The molecule has 1 aliphatic heterocycles. The van der Waals surface area contributed by atoms with E-state index in [-0.39, 0.29) is 12.4 Å². The fourth-order valence-corrected chi connectivity index (χ4v) is 1.73. The summed E-state index contributed by atoms with van der Waals surface area (Å²) in [5.41, 5.74) is 0. The Morgan fingerprint density at radius 2 is 2.13 bits per heavy atom. The highest BCUT2D eigenvalue weighted by atomic mass is 35.5. The maximum atomic E-state index is 5.51. The molecule has 0 saturated heterocycles. The van der Waals surface area contributed by atoms with Crippen molar-refractivity contribution in [3.8, 4) is 0 Å². The Hall–Kier alpha value is -1.48. The van der Waals surface area contributed by atoms with E-state index in [4.69, 9.17) is 4.42 Å². The third-order valence-electron chi connectivity index (χ3n) is 2.40. The first-order valence-electron chi connectivity index (χ1n) is 4.70. The lowest BCUT2D eigenvalue weighted by molar-refractivity contribution is 0.560. The van der Waals surface area contributed by atoms with Gasteiger partial charge < -0.3 is 9.73 Å². The minimum Gasteiger partial charge on any atom is -0.460 e. The first-order chi connectivity index (χ1) is 6.95. The molecule has 1 aliphatic rings. The molecule has 15 heavy (non-hydrogen) atoms. The maximum absolute atomic E-state index is 5.51. The molecule has 4 heteroatoms. The average molecular weight is 223 g/mol. The highest BCUT2D eigenvalue weighted by Gasteiger charge is 2.14. The fraction of sp³-hybridized carbons (Fsp3) is 0.182. The van der Waals surface area contributed by atoms with Crippen LogP contribution in [0.3, 0.4) is 0 Å². The Balaban J connectivity index is 0.000000853. The molecule has 3 rings (SSSR count). The molecule has 2 heterocycles. The first kappa shape index (κ1) is 10.1. The molecule has 1 N–H and O–H groups in total. The summed E-state index contributed by atoms with van der Waals surface area (Å²) in [5, 5.41) is 5.46. The summed E-state index contributed by atoms with van der Waals surface area (Å²) < 4.78 is 5.51. The molecule has 1 aromatic carbocycles. The zero-order valence-electron chi connectivity index (χ0n) is 8.06. The molecule has 0 aliphatic carbocycles. The Morgan fingerprint density at radius 1 is 1.27 bits per heavy atom. The summed E-state index contributed by atoms with van der Waals surface area (Å²) in [6.45, 7) is 1.74. The number of hydrogen-bond donors (Lipinski definition) is 1. The van der Waals surface area contributed by atoms with Gasteiger partial charge in [-0.3, -0.25) is 4.99 Å². The molecule has 0 radical (unpaired) electrons. The molecule has 78 valence electrons. The lowest BCUT2D eigenvalue weighted by Gasteiger charge is -1.97. The Kier molecular flexibility index (Phi) is 2.64. The minimum absolute atomic E-state index is 0. The van der Waals surface area contributed by atoms with E-state index >= 15 is 0 Å². The van der Waals surface area contributed by atoms with Crippen molar-refractivity contribution >= 4 is 29.0 Å². The number of nitrogens with zero attached hydrogens (tertiary/aromatic N) is 1. The minimum atomic E-state index is 0. The molecule has 0 unspecified atom stereocenters. The normalized spacial score (nSPS) is 14.5. The number of benzene rings is 1. The van der Waals surface area contributed by atoms with Gasteiger partial charge in [0.15, 0.2) is 11.6 Å². The second kappa shape index (κ2) is 3.95. The van der Waals surface area contributed by atoms with Gasteiger partial charge in [0.25, 0.3) is 0 Å². The maximum Gasteiger partial charge on any atom is 0.176 e. The van der Waals surface area contributed by atoms with E-state index in [9.17, 15) is 0 Å². The van der Waals surface area contributed by atoms with Crippen molar-refractivity contribution in [1.29, 1.82) is 0 Å². The van der Waals surface area contributed by atoms with Crippen molar-refractivity contribution in [2.24, 2.45) is 4.99 Å². The van der Waals surface area contributed by atoms with Gasteiger partial charge in [0.1, 0.15) is 0 Å². The van der Waals surface area contributed by atoms with Crippen molar-refractivity contribution in [2.45, 2.75) is 0 Å². The number of furan rings is 1. The quantitative estimate of drug-likeness (QED) is 0.803. The highest BCUT2D eigenvalue weighted by Crippen LogP contribution is 2.21. The largest absolute Gasteiger partial charge is 0.460 e. The number of halogens is 1. The van der Waals surface area contributed by atoms with Crippen molar-refractivity contribution in [1.82, 2.24) is 5.32 Å². The molecule has 2 aromatic rings. The van der Waals surface area contributed by atoms with E-state index in [1.165, 1.54) is 0 Å². The smallest absolute Gasteiger partial charge is 0.176 e. The standard InChI is InChI=1S/C11H10N2O.ClH/c1-2-4-9-8(3-1)7-14-10(9)11-12-5-6-13-11;/h1-4,7H,5-6H2,(H,12,13);1H. The zero-order valence-corrected chi connectivity index (χ0v) is 8.88. The van der Waals surface area contributed by atoms with Crippen LogP contribution < -0.4 is 5.32 Å². The van der Waals surface area contributed by atoms with Crippen molar-refractivity contribution in [3.05, 3.63) is 36.3 Å². The summed E-state index contributed by atoms with van der Waals surface area (Å²) in [5.74, 6) is 1.74. The topological polar surface area (TPSA) is 37.5 Å². The third kappa shape index (κ3) is 1.59. The van der Waals surface area contributed by atoms with Crippen LogP contribution in [-0.4, -0.2) is 18.9 Å². The van der Waals surface area contributed by atoms with E-state index in [2.05, 4.69) is 16.4 Å². The molecule has 1 aromatic heterocycles. The summed E-state index contributed by atoms with van der Waals surface area (Å²) in [4.78, 5) is 4.34. The molecular weight excluding hydrogens is 212 g/mol. The molecule has 0 bridgehead atoms. The third-order valence-corrected chi connectivity index (χ3v) is 2.40. The molecule has 0 amide bonds. The Morgan fingerprint density at radius 3 is 2.93 bits per heavy atom. The Labute approximate surface area is 93.6 Å². The number of nitrogens with one attached hydrogen (secondary N) is 1. The van der Waals surface area contributed by atoms with Gasteiger partial charge in [-0.05, 0) is 0 Å². The second-order valence-electron chi connectivity index (χ2n) is 3.31. The number of rotatable bonds is 1. The predicted molar refractivity (Wildman–Crippen MR) is 62.9 cm³/mol. The summed E-state index contributed by atoms with van der Waals surface area (Å²) in [6, 6.07) is 8.11. The first-order valence-corrected chi connectivity index (χ1v) is 4.70. The van der Waals surface area contributed by atoms with Crippen molar-refractivity contribution < 1.29 is 4.42 Å². The highest BCUT2D eigenvalue weighted by molar-refractivity contribution is 6.08. The van der Waals surface area contributed by atoms with Crippen LogP contribution >= 0.6 is 12.4 Å². The van der Waals surface area contributed by atoms with Gasteiger partial charge in [-0.25, -0.2) is 0 Å². The van der Waals surface area contributed by atoms with Crippen LogP contribution in [0.2, 0.25) is 0 Å². The van der Waals surface area contributed by atoms with Crippen LogP contribution in [-0.2, 0) is 0 Å². The molecule has 0 atom stereocenters. The van der Waals surface area contributed by atoms with Gasteiger partial charge in [0, 0.05) is 17.3 Å². The van der Waals surface area contributed by atoms with Gasteiger partial charge in [-0.2, -0.15) is 0 Å². The molecule has 0 spiro atoms. The number of amidine groups is 1. The predicted octanol–water partition coefficient (Wildman–Crippen LogP) is 2.20. The Bertz CT molecular complexity index is 504. The van der Waals surface area contributed by atoms with Gasteiger partial charge in [0.05, 0.1) is 12.8 Å². The van der Waals surface area contributed by atoms with Gasteiger partial charge in [-0.1, -0.05) is 24.3 Å². The molecule has 3 nitrogen and oxygen atoms in total. The van der Waals surface area contributed by atoms with Crippen molar-refractivity contribution in [2.75, 3.05) is 13.1 Å². The van der Waals surface area contributed by atoms with E-state index in [0.29, 0.717) is 0 Å². The lowest BCUT2D eigenvalue weighted by atomic mass is 10.2. The average Bonchev–Trinajstić information content (AvgIpc) is 2.85. The second-order valence-corrected chi connectivity index (χ2v) is 3.31. The van der Waals surface area contributed by atoms with Gasteiger partial charge in [0.2, 0.25) is 0 Å². The van der Waals surface area contributed by atoms with E-state index in [0.717, 1.165) is 35.5 Å². The van der Waals surface area contributed by atoms with Crippen LogP contribution in [0.4, 0.5) is 0 Å². The monoisotopic (exact) mass is 222 g/mol. The van der Waals surface area contributed by atoms with Crippen molar-refractivity contribution in [3.63, 3.8) is 0 Å². The summed E-state index contributed by atoms with van der Waals surface area (Å²) >= 11 is 0. The zero-order chi connectivity index (χ0) is 9.38. The molecule has 0 fully saturated rings. The van der Waals surface area contributed by atoms with E-state index < -0.39 is 0 Å². The number of fused-ring (bicyclic) bond motifs is 1. The fourth-order valence-electron chi connectivity index (χ4n) is 1.73. The van der Waals surface area contributed by atoms with Crippen LogP contribution in [0, 0.1) is 0 Å². The van der Waals surface area contributed by atoms with Gasteiger partial charge >= 0.3 is 0 Å². The molecular formula is C11H11ClN2O. The van der Waals surface area contributed by atoms with E-state index in [1.54, 1.807) is 6.26 Å². The molecule has 0 saturated carbocycles. The van der Waals surface area contributed by atoms with Crippen LogP contribution in [0.1, 0.15) is 5.76 Å². The SMILES string of the molecule is Cl.c1ccc2c(C3=NCCN3)occ2c1. The van der Waals surface area contributed by atoms with Gasteiger partial charge in [-0.15, -0.1) is 12.4 Å². The van der Waals surface area contributed by atoms with Crippen LogP contribution in [0.15, 0.2) is 39.9 Å². The van der Waals surface area contributed by atoms with Crippen LogP contribution in [0.25, 0.3) is 10.8 Å². The van der Waals surface area contributed by atoms with Crippen LogP contribution in [0.5, 0.6) is 0 Å². The number of aliphatic imine (C=N–C) groups is 1. The summed E-state index contributed by atoms with van der Waals surface area (Å²) in [6.07, 6.45) is 1.77.